The number of nitrogens with one attached hydrogen (secondary N) is 1. The van der Waals surface area contributed by atoms with Crippen molar-refractivity contribution in [3.8, 4) is 0 Å². The summed E-state index contributed by atoms with van der Waals surface area (Å²) in [6.45, 7) is 0.522. The average molecular weight is 425 g/mol. The monoisotopic (exact) mass is 424 g/mol. The van der Waals surface area contributed by atoms with Gasteiger partial charge in [0.1, 0.15) is 0 Å². The highest BCUT2D eigenvalue weighted by molar-refractivity contribution is 7.10. The van der Waals surface area contributed by atoms with Crippen molar-refractivity contribution < 1.29 is 9.59 Å². The smallest absolute Gasteiger partial charge is 0.254 e. The lowest BCUT2D eigenvalue weighted by atomic mass is 9.81. The van der Waals surface area contributed by atoms with Crippen molar-refractivity contribution in [3.63, 3.8) is 0 Å². The average Bonchev–Trinajstić information content (AvgIpc) is 3.26. The molecule has 0 fully saturated rings. The molecule has 29 heavy (non-hydrogen) atoms. The van der Waals surface area contributed by atoms with E-state index < -0.39 is 5.92 Å². The maximum atomic E-state index is 13.3. The van der Waals surface area contributed by atoms with Crippen LogP contribution in [0.1, 0.15) is 38.3 Å². The molecule has 0 saturated heterocycles. The van der Waals surface area contributed by atoms with Gasteiger partial charge >= 0.3 is 0 Å². The third-order valence-corrected chi connectivity index (χ3v) is 6.52. The summed E-state index contributed by atoms with van der Waals surface area (Å²) in [7, 11) is 1.77. The Morgan fingerprint density at radius 1 is 1.10 bits per heavy atom. The summed E-state index contributed by atoms with van der Waals surface area (Å²) in [5, 5.41) is 5.75. The minimum atomic E-state index is -0.447. The predicted octanol–water partition coefficient (Wildman–Crippen LogP) is 4.67. The molecular formula is C23H21ClN2O2S. The molecule has 4 nitrogen and oxygen atoms in total. The Kier molecular flexibility index (Phi) is 5.69. The fourth-order valence-corrected chi connectivity index (χ4v) is 4.89. The van der Waals surface area contributed by atoms with Crippen molar-refractivity contribution in [1.82, 2.24) is 10.2 Å². The molecule has 0 radical (unpaired) electrons. The van der Waals surface area contributed by atoms with Crippen molar-refractivity contribution in [1.29, 1.82) is 0 Å². The van der Waals surface area contributed by atoms with Gasteiger partial charge in [-0.2, -0.15) is 0 Å². The first-order valence-electron chi connectivity index (χ1n) is 9.48. The van der Waals surface area contributed by atoms with Crippen LogP contribution in [-0.4, -0.2) is 30.3 Å². The van der Waals surface area contributed by atoms with E-state index in [4.69, 9.17) is 11.6 Å². The summed E-state index contributed by atoms with van der Waals surface area (Å²) in [6, 6.07) is 18.7. The standard InChI is InChI=1S/C23H21ClN2O2S/c1-26-21(19-7-4-14-29-19)20(17-5-2-3-6-18(17)23(26)28)22(27)25-13-12-15-8-10-16(24)11-9-15/h2-11,14,20-21H,12-13H2,1H3,(H,25,27)/t20-,21+/m1/s1. The quantitative estimate of drug-likeness (QED) is 0.647. The number of benzene rings is 2. The van der Waals surface area contributed by atoms with Crippen LogP contribution in [0.2, 0.25) is 5.02 Å². The van der Waals surface area contributed by atoms with Gasteiger partial charge in [-0.25, -0.2) is 0 Å². The highest BCUT2D eigenvalue weighted by atomic mass is 35.5. The lowest BCUT2D eigenvalue weighted by Crippen LogP contribution is -2.45. The van der Waals surface area contributed by atoms with Crippen LogP contribution in [0.4, 0.5) is 0 Å². The molecule has 2 atom stereocenters. The maximum absolute atomic E-state index is 13.3. The summed E-state index contributed by atoms with van der Waals surface area (Å²) in [5.41, 5.74) is 2.50. The van der Waals surface area contributed by atoms with Crippen LogP contribution in [0.3, 0.4) is 0 Å². The molecule has 1 N–H and O–H groups in total. The van der Waals surface area contributed by atoms with Gasteiger partial charge in [-0.05, 0) is 47.2 Å². The number of rotatable bonds is 5. The number of fused-ring (bicyclic) bond motifs is 1. The molecule has 3 aromatic rings. The number of nitrogens with zero attached hydrogens (tertiary/aromatic N) is 1. The zero-order chi connectivity index (χ0) is 20.4. The fourth-order valence-electron chi connectivity index (χ4n) is 3.86. The number of likely N-dealkylation sites (N-methyl/N-ethyl adjacent to an activating group) is 1. The molecular weight excluding hydrogens is 404 g/mol. The van der Waals surface area contributed by atoms with E-state index in [0.29, 0.717) is 17.1 Å². The number of hydrogen-bond donors (Lipinski definition) is 1. The molecule has 0 spiro atoms. The van der Waals surface area contributed by atoms with Crippen LogP contribution in [0.5, 0.6) is 0 Å². The first-order valence-corrected chi connectivity index (χ1v) is 10.7. The van der Waals surface area contributed by atoms with Gasteiger partial charge in [-0.1, -0.05) is 48.0 Å². The zero-order valence-corrected chi connectivity index (χ0v) is 17.5. The minimum Gasteiger partial charge on any atom is -0.355 e. The Balaban J connectivity index is 1.59. The minimum absolute atomic E-state index is 0.0517. The number of halogens is 1. The van der Waals surface area contributed by atoms with E-state index in [1.807, 2.05) is 60.0 Å². The Hall–Kier alpha value is -2.63. The second-order valence-corrected chi connectivity index (χ2v) is 8.52. The van der Waals surface area contributed by atoms with Crippen molar-refractivity contribution in [2.75, 3.05) is 13.6 Å². The second-order valence-electron chi connectivity index (χ2n) is 7.11. The Morgan fingerprint density at radius 2 is 1.86 bits per heavy atom. The van der Waals surface area contributed by atoms with E-state index in [-0.39, 0.29) is 17.9 Å². The Morgan fingerprint density at radius 3 is 2.59 bits per heavy atom. The van der Waals surface area contributed by atoms with E-state index in [2.05, 4.69) is 5.32 Å². The van der Waals surface area contributed by atoms with Crippen LogP contribution < -0.4 is 5.32 Å². The van der Waals surface area contributed by atoms with Gasteiger partial charge in [-0.3, -0.25) is 9.59 Å². The van der Waals surface area contributed by atoms with Crippen LogP contribution in [0.25, 0.3) is 0 Å². The van der Waals surface area contributed by atoms with Crippen molar-refractivity contribution in [2.45, 2.75) is 18.4 Å². The second kappa shape index (κ2) is 8.39. The summed E-state index contributed by atoms with van der Waals surface area (Å²) in [4.78, 5) is 28.9. The van der Waals surface area contributed by atoms with E-state index in [9.17, 15) is 9.59 Å². The van der Waals surface area contributed by atoms with Crippen LogP contribution >= 0.6 is 22.9 Å². The molecule has 2 aromatic carbocycles. The van der Waals surface area contributed by atoms with Crippen molar-refractivity contribution in [3.05, 3.63) is 92.6 Å². The van der Waals surface area contributed by atoms with Crippen LogP contribution in [0, 0.1) is 0 Å². The fraction of sp³-hybridized carbons (Fsp3) is 0.217. The molecule has 4 rings (SSSR count). The molecule has 2 amide bonds. The lowest BCUT2D eigenvalue weighted by Gasteiger charge is -2.39. The maximum Gasteiger partial charge on any atom is 0.254 e. The van der Waals surface area contributed by atoms with Gasteiger partial charge in [0.05, 0.1) is 12.0 Å². The third-order valence-electron chi connectivity index (χ3n) is 5.32. The molecule has 1 aliphatic rings. The van der Waals surface area contributed by atoms with E-state index >= 15 is 0 Å². The number of amides is 2. The molecule has 0 saturated carbocycles. The molecule has 0 bridgehead atoms. The number of carbonyl (C=O) groups is 2. The SMILES string of the molecule is CN1C(=O)c2ccccc2[C@@H](C(=O)NCCc2ccc(Cl)cc2)[C@@H]1c1cccs1. The Bertz CT molecular complexity index is 1020. The van der Waals surface area contributed by atoms with Crippen LogP contribution in [0.15, 0.2) is 66.0 Å². The van der Waals surface area contributed by atoms with Gasteiger partial charge < -0.3 is 10.2 Å². The highest BCUT2D eigenvalue weighted by Crippen LogP contribution is 2.43. The number of hydrogen-bond acceptors (Lipinski definition) is 3. The molecule has 6 heteroatoms. The van der Waals surface area contributed by atoms with Crippen molar-refractivity contribution in [2.24, 2.45) is 0 Å². The molecule has 2 heterocycles. The van der Waals surface area contributed by atoms with Gasteiger partial charge in [0.15, 0.2) is 0 Å². The van der Waals surface area contributed by atoms with Crippen molar-refractivity contribution >= 4 is 34.8 Å². The third kappa shape index (κ3) is 3.93. The number of thiophene rings is 1. The van der Waals surface area contributed by atoms with E-state index in [1.165, 1.54) is 0 Å². The molecule has 0 aliphatic carbocycles. The zero-order valence-electron chi connectivity index (χ0n) is 16.0. The van der Waals surface area contributed by atoms with E-state index in [1.54, 1.807) is 29.4 Å². The summed E-state index contributed by atoms with van der Waals surface area (Å²) < 4.78 is 0. The predicted molar refractivity (Wildman–Crippen MR) is 117 cm³/mol. The first kappa shape index (κ1) is 19.7. The topological polar surface area (TPSA) is 49.4 Å². The van der Waals surface area contributed by atoms with E-state index in [0.717, 1.165) is 22.4 Å². The summed E-state index contributed by atoms with van der Waals surface area (Å²) >= 11 is 7.50. The van der Waals surface area contributed by atoms with Gasteiger partial charge in [0.2, 0.25) is 5.91 Å². The normalized spacial score (nSPS) is 18.4. The highest BCUT2D eigenvalue weighted by Gasteiger charge is 2.42. The first-order chi connectivity index (χ1) is 14.1. The van der Waals surface area contributed by atoms with Gasteiger partial charge in [-0.15, -0.1) is 11.3 Å². The molecule has 148 valence electrons. The largest absolute Gasteiger partial charge is 0.355 e. The summed E-state index contributed by atoms with van der Waals surface area (Å²) in [6.07, 6.45) is 0.718. The molecule has 0 unspecified atom stereocenters. The lowest BCUT2D eigenvalue weighted by molar-refractivity contribution is -0.124. The van der Waals surface area contributed by atoms with Gasteiger partial charge in [0, 0.05) is 29.1 Å². The molecule has 1 aliphatic heterocycles. The molecule has 1 aromatic heterocycles. The van der Waals surface area contributed by atoms with Crippen LogP contribution in [-0.2, 0) is 11.2 Å². The van der Waals surface area contributed by atoms with Gasteiger partial charge in [0.25, 0.3) is 5.91 Å². The summed E-state index contributed by atoms with van der Waals surface area (Å²) in [5.74, 6) is -0.564. The Labute approximate surface area is 179 Å². The number of carbonyl (C=O) groups excluding carboxylic acids is 2.